The van der Waals surface area contributed by atoms with Crippen LogP contribution in [0.2, 0.25) is 0 Å². The minimum atomic E-state index is -0.170. The minimum absolute atomic E-state index is 0.0217. The number of methoxy groups -OCH3 is 1. The summed E-state index contributed by atoms with van der Waals surface area (Å²) in [6.07, 6.45) is 0.832. The highest BCUT2D eigenvalue weighted by Gasteiger charge is 2.28. The van der Waals surface area contributed by atoms with Crippen LogP contribution < -0.4 is 10.6 Å². The molecule has 0 aromatic carbocycles. The lowest BCUT2D eigenvalue weighted by molar-refractivity contribution is -0.123. The van der Waals surface area contributed by atoms with E-state index in [0.717, 1.165) is 0 Å². The van der Waals surface area contributed by atoms with Crippen molar-refractivity contribution >= 4 is 5.91 Å². The number of hydrogen-bond donors (Lipinski definition) is 3. The minimum Gasteiger partial charge on any atom is -0.395 e. The van der Waals surface area contributed by atoms with Crippen molar-refractivity contribution in [1.29, 1.82) is 0 Å². The average molecular weight is 188 g/mol. The molecule has 13 heavy (non-hydrogen) atoms. The van der Waals surface area contributed by atoms with Gasteiger partial charge in [0.15, 0.2) is 0 Å². The zero-order valence-electron chi connectivity index (χ0n) is 7.75. The molecule has 1 rings (SSSR count). The van der Waals surface area contributed by atoms with Crippen LogP contribution in [0.25, 0.3) is 0 Å². The molecule has 1 amide bonds. The van der Waals surface area contributed by atoms with Crippen LogP contribution in [0.1, 0.15) is 6.42 Å². The maximum atomic E-state index is 11.3. The first-order chi connectivity index (χ1) is 6.27. The fourth-order valence-corrected chi connectivity index (χ4v) is 1.38. The number of aliphatic hydroxyl groups excluding tert-OH is 1. The van der Waals surface area contributed by atoms with E-state index in [1.165, 1.54) is 0 Å². The van der Waals surface area contributed by atoms with Crippen molar-refractivity contribution < 1.29 is 14.6 Å². The number of nitrogens with one attached hydrogen (secondary N) is 2. The summed E-state index contributed by atoms with van der Waals surface area (Å²) in [5, 5.41) is 14.2. The SMILES string of the molecule is COC1CNC(C(=O)NCCO)C1. The summed E-state index contributed by atoms with van der Waals surface area (Å²) in [6, 6.07) is -0.170. The summed E-state index contributed by atoms with van der Waals surface area (Å²) >= 11 is 0. The van der Waals surface area contributed by atoms with Gasteiger partial charge in [-0.2, -0.15) is 0 Å². The van der Waals surface area contributed by atoms with Gasteiger partial charge in [-0.05, 0) is 6.42 Å². The van der Waals surface area contributed by atoms with Crippen LogP contribution in [0, 0.1) is 0 Å². The predicted octanol–water partition coefficient (Wildman–Crippen LogP) is -1.53. The predicted molar refractivity (Wildman–Crippen MR) is 47.3 cm³/mol. The molecule has 5 nitrogen and oxygen atoms in total. The van der Waals surface area contributed by atoms with Gasteiger partial charge >= 0.3 is 0 Å². The second kappa shape index (κ2) is 5.16. The first-order valence-electron chi connectivity index (χ1n) is 4.42. The van der Waals surface area contributed by atoms with E-state index in [1.807, 2.05) is 0 Å². The second-order valence-corrected chi connectivity index (χ2v) is 3.07. The maximum absolute atomic E-state index is 11.3. The molecule has 5 heteroatoms. The maximum Gasteiger partial charge on any atom is 0.237 e. The number of aliphatic hydroxyl groups is 1. The van der Waals surface area contributed by atoms with Crippen LogP contribution in [0.15, 0.2) is 0 Å². The van der Waals surface area contributed by atoms with Gasteiger partial charge in [0.1, 0.15) is 0 Å². The number of amides is 1. The summed E-state index contributed by atoms with van der Waals surface area (Å²) in [6.45, 7) is 1.01. The van der Waals surface area contributed by atoms with Gasteiger partial charge in [0.25, 0.3) is 0 Å². The van der Waals surface area contributed by atoms with Crippen molar-refractivity contribution in [3.63, 3.8) is 0 Å². The molecule has 0 aromatic rings. The standard InChI is InChI=1S/C8H16N2O3/c1-13-6-4-7(10-5-6)8(12)9-2-3-11/h6-7,10-11H,2-5H2,1H3,(H,9,12). The Balaban J connectivity index is 2.25. The highest BCUT2D eigenvalue weighted by atomic mass is 16.5. The van der Waals surface area contributed by atoms with Gasteiger partial charge in [-0.15, -0.1) is 0 Å². The van der Waals surface area contributed by atoms with Crippen LogP contribution in [0.4, 0.5) is 0 Å². The smallest absolute Gasteiger partial charge is 0.237 e. The third kappa shape index (κ3) is 2.95. The van der Waals surface area contributed by atoms with Crippen molar-refractivity contribution in [3.05, 3.63) is 0 Å². The van der Waals surface area contributed by atoms with E-state index in [2.05, 4.69) is 10.6 Å². The second-order valence-electron chi connectivity index (χ2n) is 3.07. The molecule has 0 aliphatic carbocycles. The van der Waals surface area contributed by atoms with Crippen molar-refractivity contribution in [2.24, 2.45) is 0 Å². The highest BCUT2D eigenvalue weighted by molar-refractivity contribution is 5.82. The number of hydrogen-bond acceptors (Lipinski definition) is 4. The molecule has 0 bridgehead atoms. The molecule has 3 N–H and O–H groups in total. The van der Waals surface area contributed by atoms with Gasteiger partial charge in [0.05, 0.1) is 18.8 Å². The molecule has 1 aliphatic heterocycles. The molecule has 0 radical (unpaired) electrons. The summed E-state index contributed by atoms with van der Waals surface area (Å²) in [5.41, 5.74) is 0. The van der Waals surface area contributed by atoms with E-state index in [4.69, 9.17) is 9.84 Å². The van der Waals surface area contributed by atoms with Gasteiger partial charge in [0.2, 0.25) is 5.91 Å². The Morgan fingerprint density at radius 2 is 2.54 bits per heavy atom. The molecule has 1 aliphatic rings. The molecule has 0 aromatic heterocycles. The number of ether oxygens (including phenoxy) is 1. The van der Waals surface area contributed by atoms with Crippen molar-refractivity contribution in [2.75, 3.05) is 26.8 Å². The molecule has 0 spiro atoms. The van der Waals surface area contributed by atoms with Crippen LogP contribution in [-0.2, 0) is 9.53 Å². The molecule has 2 unspecified atom stereocenters. The molecule has 1 heterocycles. The first kappa shape index (κ1) is 10.4. The average Bonchev–Trinajstić information content (AvgIpc) is 2.62. The lowest BCUT2D eigenvalue weighted by Crippen LogP contribution is -2.41. The van der Waals surface area contributed by atoms with Crippen molar-refractivity contribution in [3.8, 4) is 0 Å². The zero-order valence-corrected chi connectivity index (χ0v) is 7.75. The molecular weight excluding hydrogens is 172 g/mol. The number of carbonyl (C=O) groups excluding carboxylic acids is 1. The van der Waals surface area contributed by atoms with E-state index < -0.39 is 0 Å². The van der Waals surface area contributed by atoms with Crippen LogP contribution in [-0.4, -0.2) is 50.0 Å². The Labute approximate surface area is 77.5 Å². The molecule has 2 atom stereocenters. The van der Waals surface area contributed by atoms with Gasteiger partial charge in [-0.1, -0.05) is 0 Å². The van der Waals surface area contributed by atoms with Crippen molar-refractivity contribution in [2.45, 2.75) is 18.6 Å². The Kier molecular flexibility index (Phi) is 4.14. The number of rotatable bonds is 4. The van der Waals surface area contributed by atoms with E-state index in [9.17, 15) is 4.79 Å². The zero-order chi connectivity index (χ0) is 9.68. The topological polar surface area (TPSA) is 70.6 Å². The Bertz CT molecular complexity index is 175. The highest BCUT2D eigenvalue weighted by Crippen LogP contribution is 2.08. The van der Waals surface area contributed by atoms with E-state index in [0.29, 0.717) is 19.5 Å². The lowest BCUT2D eigenvalue weighted by Gasteiger charge is -2.09. The van der Waals surface area contributed by atoms with Gasteiger partial charge in [-0.25, -0.2) is 0 Å². The molecule has 1 saturated heterocycles. The fourth-order valence-electron chi connectivity index (χ4n) is 1.38. The Morgan fingerprint density at radius 3 is 3.08 bits per heavy atom. The van der Waals surface area contributed by atoms with E-state index in [-0.39, 0.29) is 24.7 Å². The quantitative estimate of drug-likeness (QED) is 0.500. The summed E-state index contributed by atoms with van der Waals surface area (Å²) < 4.78 is 5.10. The third-order valence-electron chi connectivity index (χ3n) is 2.15. The Hall–Kier alpha value is -0.650. The van der Waals surface area contributed by atoms with Gasteiger partial charge < -0.3 is 20.5 Å². The molecule has 0 saturated carbocycles. The first-order valence-corrected chi connectivity index (χ1v) is 4.42. The monoisotopic (exact) mass is 188 g/mol. The van der Waals surface area contributed by atoms with E-state index in [1.54, 1.807) is 7.11 Å². The van der Waals surface area contributed by atoms with Crippen LogP contribution >= 0.6 is 0 Å². The Morgan fingerprint density at radius 1 is 1.77 bits per heavy atom. The summed E-state index contributed by atoms with van der Waals surface area (Å²) in [4.78, 5) is 11.3. The lowest BCUT2D eigenvalue weighted by atomic mass is 10.2. The van der Waals surface area contributed by atoms with Crippen molar-refractivity contribution in [1.82, 2.24) is 10.6 Å². The molecule has 1 fully saturated rings. The number of carbonyl (C=O) groups is 1. The third-order valence-corrected chi connectivity index (χ3v) is 2.15. The van der Waals surface area contributed by atoms with Gasteiger partial charge in [0, 0.05) is 20.2 Å². The van der Waals surface area contributed by atoms with Crippen LogP contribution in [0.3, 0.4) is 0 Å². The molecular formula is C8H16N2O3. The van der Waals surface area contributed by atoms with Gasteiger partial charge in [-0.3, -0.25) is 4.79 Å². The summed E-state index contributed by atoms with van der Waals surface area (Å²) in [7, 11) is 1.64. The van der Waals surface area contributed by atoms with Crippen LogP contribution in [0.5, 0.6) is 0 Å². The fraction of sp³-hybridized carbons (Fsp3) is 0.875. The normalized spacial score (nSPS) is 27.5. The summed E-state index contributed by atoms with van der Waals surface area (Å²) in [5.74, 6) is -0.0615. The molecule has 76 valence electrons. The van der Waals surface area contributed by atoms with E-state index >= 15 is 0 Å². The largest absolute Gasteiger partial charge is 0.395 e.